The molecule has 1 N–H and O–H groups in total. The average molecular weight is 414 g/mol. The predicted molar refractivity (Wildman–Crippen MR) is 113 cm³/mol. The van der Waals surface area contributed by atoms with Crippen LogP contribution in [0.2, 0.25) is 0 Å². The zero-order valence-electron chi connectivity index (χ0n) is 17.0. The lowest BCUT2D eigenvalue weighted by molar-refractivity contribution is -0.137. The van der Waals surface area contributed by atoms with Crippen molar-refractivity contribution >= 4 is 16.7 Å². The first-order chi connectivity index (χ1) is 14.2. The summed E-state index contributed by atoms with van der Waals surface area (Å²) in [4.78, 5) is 14.7. The molecule has 3 aromatic rings. The molecule has 3 aromatic carbocycles. The van der Waals surface area contributed by atoms with Crippen molar-refractivity contribution in [2.45, 2.75) is 25.1 Å². The summed E-state index contributed by atoms with van der Waals surface area (Å²) < 4.78 is 38.2. The largest absolute Gasteiger partial charge is 0.416 e. The van der Waals surface area contributed by atoms with E-state index in [1.54, 1.807) is 0 Å². The van der Waals surface area contributed by atoms with Crippen LogP contribution < -0.4 is 5.32 Å². The van der Waals surface area contributed by atoms with Crippen LogP contribution in [-0.2, 0) is 17.4 Å². The smallest absolute Gasteiger partial charge is 0.349 e. The molecule has 3 rings (SSSR count). The fraction of sp³-hybridized carbons (Fsp3) is 0.292. The van der Waals surface area contributed by atoms with Gasteiger partial charge in [0.05, 0.1) is 18.0 Å². The number of rotatable bonds is 7. The van der Waals surface area contributed by atoms with Crippen LogP contribution >= 0.6 is 0 Å². The molecule has 0 heterocycles. The van der Waals surface area contributed by atoms with Crippen LogP contribution in [0.25, 0.3) is 10.8 Å². The number of carbonyl (C=O) groups is 1. The zero-order valence-corrected chi connectivity index (χ0v) is 17.0. The monoisotopic (exact) mass is 414 g/mol. The van der Waals surface area contributed by atoms with Gasteiger partial charge in [0, 0.05) is 0 Å². The third-order valence-electron chi connectivity index (χ3n) is 5.02. The van der Waals surface area contributed by atoms with Crippen LogP contribution in [0.5, 0.6) is 0 Å². The van der Waals surface area contributed by atoms with Crippen molar-refractivity contribution in [3.8, 4) is 0 Å². The first-order valence-corrected chi connectivity index (χ1v) is 9.81. The van der Waals surface area contributed by atoms with Gasteiger partial charge in [-0.05, 0) is 67.2 Å². The summed E-state index contributed by atoms with van der Waals surface area (Å²) >= 11 is 0. The summed E-state index contributed by atoms with van der Waals surface area (Å²) in [6.45, 7) is 0.790. The number of hydrogen-bond donors (Lipinski definition) is 1. The van der Waals surface area contributed by atoms with Gasteiger partial charge in [0.25, 0.3) is 0 Å². The SMILES string of the molecule is CN(C)CCC(NC(=O)Cc1ccc(C(F)(F)F)cc1)c1ccc2ccccc2c1. The van der Waals surface area contributed by atoms with Crippen LogP contribution in [0.3, 0.4) is 0 Å². The van der Waals surface area contributed by atoms with Crippen LogP contribution in [0, 0.1) is 0 Å². The molecule has 0 saturated heterocycles. The standard InChI is InChI=1S/C24H25F3N2O/c1-29(2)14-13-22(20-10-9-18-5-3-4-6-19(18)16-20)28-23(30)15-17-7-11-21(12-8-17)24(25,26)27/h3-12,16,22H,13-15H2,1-2H3,(H,28,30). The molecule has 6 heteroatoms. The van der Waals surface area contributed by atoms with Crippen LogP contribution in [0.1, 0.15) is 29.2 Å². The molecule has 0 saturated carbocycles. The molecule has 1 unspecified atom stereocenters. The lowest BCUT2D eigenvalue weighted by atomic mass is 9.99. The molecule has 30 heavy (non-hydrogen) atoms. The van der Waals surface area contributed by atoms with Gasteiger partial charge in [-0.15, -0.1) is 0 Å². The Labute approximate surface area is 174 Å². The van der Waals surface area contributed by atoms with Gasteiger partial charge < -0.3 is 10.2 Å². The minimum absolute atomic E-state index is 0.0319. The Morgan fingerprint density at radius 3 is 2.27 bits per heavy atom. The maximum atomic E-state index is 12.7. The Hall–Kier alpha value is -2.86. The van der Waals surface area contributed by atoms with Crippen molar-refractivity contribution in [3.05, 3.63) is 83.4 Å². The minimum Gasteiger partial charge on any atom is -0.349 e. The van der Waals surface area contributed by atoms with Crippen LogP contribution in [-0.4, -0.2) is 31.4 Å². The van der Waals surface area contributed by atoms with Crippen LogP contribution in [0.15, 0.2) is 66.7 Å². The number of nitrogens with zero attached hydrogens (tertiary/aromatic N) is 1. The topological polar surface area (TPSA) is 32.3 Å². The van der Waals surface area contributed by atoms with E-state index in [-0.39, 0.29) is 18.4 Å². The van der Waals surface area contributed by atoms with E-state index in [9.17, 15) is 18.0 Å². The van der Waals surface area contributed by atoms with Crippen molar-refractivity contribution in [1.29, 1.82) is 0 Å². The van der Waals surface area contributed by atoms with Gasteiger partial charge in [0.2, 0.25) is 5.91 Å². The van der Waals surface area contributed by atoms with E-state index in [0.29, 0.717) is 5.56 Å². The second-order valence-electron chi connectivity index (χ2n) is 7.69. The quantitative estimate of drug-likeness (QED) is 0.576. The number of amides is 1. The zero-order chi connectivity index (χ0) is 21.7. The molecule has 1 amide bonds. The maximum absolute atomic E-state index is 12.7. The van der Waals surface area contributed by atoms with E-state index in [1.807, 2.05) is 50.5 Å². The molecule has 0 radical (unpaired) electrons. The lowest BCUT2D eigenvalue weighted by Crippen LogP contribution is -2.32. The van der Waals surface area contributed by atoms with Crippen LogP contribution in [0.4, 0.5) is 13.2 Å². The maximum Gasteiger partial charge on any atom is 0.416 e. The average Bonchev–Trinajstić information content (AvgIpc) is 2.70. The van der Waals surface area contributed by atoms with E-state index < -0.39 is 11.7 Å². The number of fused-ring (bicyclic) bond motifs is 1. The van der Waals surface area contributed by atoms with Gasteiger partial charge in [0.1, 0.15) is 0 Å². The highest BCUT2D eigenvalue weighted by Crippen LogP contribution is 2.29. The number of nitrogens with one attached hydrogen (secondary N) is 1. The van der Waals surface area contributed by atoms with Crippen molar-refractivity contribution in [3.63, 3.8) is 0 Å². The highest BCUT2D eigenvalue weighted by molar-refractivity contribution is 5.83. The van der Waals surface area contributed by atoms with E-state index in [1.165, 1.54) is 12.1 Å². The highest BCUT2D eigenvalue weighted by Gasteiger charge is 2.30. The lowest BCUT2D eigenvalue weighted by Gasteiger charge is -2.22. The molecule has 3 nitrogen and oxygen atoms in total. The second-order valence-corrected chi connectivity index (χ2v) is 7.69. The van der Waals surface area contributed by atoms with Crippen molar-refractivity contribution in [2.75, 3.05) is 20.6 Å². The third-order valence-corrected chi connectivity index (χ3v) is 5.02. The molecule has 1 atom stereocenters. The Morgan fingerprint density at radius 2 is 1.63 bits per heavy atom. The highest BCUT2D eigenvalue weighted by atomic mass is 19.4. The fourth-order valence-electron chi connectivity index (χ4n) is 3.38. The number of halogens is 3. The fourth-order valence-corrected chi connectivity index (χ4v) is 3.38. The van der Waals surface area contributed by atoms with E-state index >= 15 is 0 Å². The Morgan fingerprint density at radius 1 is 0.967 bits per heavy atom. The Bertz CT molecular complexity index is 997. The Kier molecular flexibility index (Phi) is 6.77. The summed E-state index contributed by atoms with van der Waals surface area (Å²) in [5.41, 5.74) is 0.841. The predicted octanol–water partition coefficient (Wildman–Crippen LogP) is 5.21. The molecule has 0 spiro atoms. The second kappa shape index (κ2) is 9.30. The Balaban J connectivity index is 1.74. The van der Waals surface area contributed by atoms with Crippen molar-refractivity contribution in [2.24, 2.45) is 0 Å². The summed E-state index contributed by atoms with van der Waals surface area (Å²) in [6, 6.07) is 18.7. The minimum atomic E-state index is -4.38. The van der Waals surface area contributed by atoms with Gasteiger partial charge in [-0.3, -0.25) is 4.79 Å². The van der Waals surface area contributed by atoms with Gasteiger partial charge in [-0.2, -0.15) is 13.2 Å². The summed E-state index contributed by atoms with van der Waals surface area (Å²) in [7, 11) is 3.95. The van der Waals surface area contributed by atoms with E-state index in [0.717, 1.165) is 41.4 Å². The first kappa shape index (κ1) is 21.8. The first-order valence-electron chi connectivity index (χ1n) is 9.81. The molecule has 0 aliphatic rings. The molecule has 0 bridgehead atoms. The van der Waals surface area contributed by atoms with Gasteiger partial charge in [-0.25, -0.2) is 0 Å². The molecule has 0 fully saturated rings. The molecular formula is C24H25F3N2O. The van der Waals surface area contributed by atoms with Crippen molar-refractivity contribution < 1.29 is 18.0 Å². The van der Waals surface area contributed by atoms with E-state index in [4.69, 9.17) is 0 Å². The third kappa shape index (κ3) is 5.83. The molecule has 0 aliphatic heterocycles. The molecule has 0 aromatic heterocycles. The number of alkyl halides is 3. The molecule has 0 aliphatic carbocycles. The van der Waals surface area contributed by atoms with Gasteiger partial charge >= 0.3 is 6.18 Å². The van der Waals surface area contributed by atoms with Crippen molar-refractivity contribution in [1.82, 2.24) is 10.2 Å². The molecular weight excluding hydrogens is 389 g/mol. The number of carbonyl (C=O) groups excluding carboxylic acids is 1. The summed E-state index contributed by atoms with van der Waals surface area (Å²) in [5.74, 6) is -0.216. The normalized spacial score (nSPS) is 12.9. The van der Waals surface area contributed by atoms with Gasteiger partial charge in [0.15, 0.2) is 0 Å². The van der Waals surface area contributed by atoms with E-state index in [2.05, 4.69) is 16.3 Å². The number of hydrogen-bond acceptors (Lipinski definition) is 2. The summed E-state index contributed by atoms with van der Waals surface area (Å²) in [6.07, 6.45) is -3.62. The van der Waals surface area contributed by atoms with Gasteiger partial charge in [-0.1, -0.05) is 48.5 Å². The molecule has 158 valence electrons. The number of benzene rings is 3. The summed E-state index contributed by atoms with van der Waals surface area (Å²) in [5, 5.41) is 5.29.